The molecule has 1 heterocycles. The predicted octanol–water partition coefficient (Wildman–Crippen LogP) is 1.72. The third kappa shape index (κ3) is 3.33. The molecule has 1 amide bonds. The fourth-order valence-corrected chi connectivity index (χ4v) is 1.43. The van der Waals surface area contributed by atoms with Gasteiger partial charge in [-0.2, -0.15) is 0 Å². The number of likely N-dealkylation sites (tertiary alicyclic amines) is 1. The molecular weight excluding hydrogens is 213 g/mol. The van der Waals surface area contributed by atoms with Crippen molar-refractivity contribution in [3.8, 4) is 0 Å². The summed E-state index contributed by atoms with van der Waals surface area (Å²) in [7, 11) is 0. The number of amides is 1. The van der Waals surface area contributed by atoms with Gasteiger partial charge in [-0.15, -0.1) is 0 Å². The average molecular weight is 233 g/mol. The predicted molar refractivity (Wildman–Crippen MR) is 57.9 cm³/mol. The molecule has 1 rings (SSSR count). The van der Waals surface area contributed by atoms with Gasteiger partial charge in [0.15, 0.2) is 0 Å². The van der Waals surface area contributed by atoms with Crippen LogP contribution in [-0.4, -0.2) is 47.1 Å². The quantitative estimate of drug-likeness (QED) is 0.790. The fraction of sp³-hybridized carbons (Fsp3) is 0.909. The van der Waals surface area contributed by atoms with Crippen LogP contribution in [0.25, 0.3) is 0 Å². The van der Waals surface area contributed by atoms with Gasteiger partial charge in [-0.1, -0.05) is 6.92 Å². The molecule has 4 nitrogen and oxygen atoms in total. The average Bonchev–Trinajstić information content (AvgIpc) is 2.21. The Morgan fingerprint density at radius 1 is 1.62 bits per heavy atom. The van der Waals surface area contributed by atoms with E-state index in [-0.39, 0.29) is 13.0 Å². The smallest absolute Gasteiger partial charge is 0.410 e. The largest absolute Gasteiger partial charge is 0.443 e. The lowest BCUT2D eigenvalue weighted by Crippen LogP contribution is -2.48. The number of carbonyl (C=O) groups excluding carboxylic acids is 1. The van der Waals surface area contributed by atoms with Crippen LogP contribution >= 0.6 is 0 Å². The summed E-state index contributed by atoms with van der Waals surface area (Å²) in [4.78, 5) is 13.0. The number of aliphatic hydroxyl groups excluding tert-OH is 1. The standard InChI is InChI=1S/C11H20FNO3/c1-4-11(2,3)16-10(15)13-6-5-9(14)8(12)7-13/h8-9,14H,4-7H2,1-3H3/t8-,9+/m0/s1. The van der Waals surface area contributed by atoms with E-state index in [1.165, 1.54) is 4.90 Å². The number of hydrogen-bond acceptors (Lipinski definition) is 3. The zero-order valence-corrected chi connectivity index (χ0v) is 10.1. The topological polar surface area (TPSA) is 49.8 Å². The van der Waals surface area contributed by atoms with E-state index >= 15 is 0 Å². The molecule has 1 saturated heterocycles. The van der Waals surface area contributed by atoms with Crippen LogP contribution in [-0.2, 0) is 4.74 Å². The Balaban J connectivity index is 2.49. The highest BCUT2D eigenvalue weighted by molar-refractivity contribution is 5.68. The molecule has 1 aliphatic rings. The second kappa shape index (κ2) is 4.99. The van der Waals surface area contributed by atoms with E-state index in [9.17, 15) is 14.3 Å². The van der Waals surface area contributed by atoms with E-state index in [1.807, 2.05) is 20.8 Å². The van der Waals surface area contributed by atoms with Gasteiger partial charge in [-0.25, -0.2) is 9.18 Å². The van der Waals surface area contributed by atoms with Crippen molar-refractivity contribution in [2.24, 2.45) is 0 Å². The molecular formula is C11H20FNO3. The molecule has 0 saturated carbocycles. The summed E-state index contributed by atoms with van der Waals surface area (Å²) in [6, 6.07) is 0. The van der Waals surface area contributed by atoms with Gasteiger partial charge >= 0.3 is 6.09 Å². The molecule has 0 bridgehead atoms. The number of ether oxygens (including phenoxy) is 1. The second-order valence-corrected chi connectivity index (χ2v) is 4.80. The lowest BCUT2D eigenvalue weighted by atomic mass is 10.1. The summed E-state index contributed by atoms with van der Waals surface area (Å²) < 4.78 is 18.5. The monoisotopic (exact) mass is 233 g/mol. The van der Waals surface area contributed by atoms with Crippen LogP contribution in [0.15, 0.2) is 0 Å². The SMILES string of the molecule is CCC(C)(C)OC(=O)N1CC[C@@H](O)[C@@H](F)C1. The van der Waals surface area contributed by atoms with Gasteiger partial charge in [-0.3, -0.25) is 0 Å². The third-order valence-corrected chi connectivity index (χ3v) is 2.98. The second-order valence-electron chi connectivity index (χ2n) is 4.80. The van der Waals surface area contributed by atoms with Gasteiger partial charge in [0.05, 0.1) is 12.6 Å². The van der Waals surface area contributed by atoms with Crippen molar-refractivity contribution in [1.29, 1.82) is 0 Å². The molecule has 0 aliphatic carbocycles. The van der Waals surface area contributed by atoms with Crippen LogP contribution < -0.4 is 0 Å². The summed E-state index contributed by atoms with van der Waals surface area (Å²) in [5.41, 5.74) is -0.529. The van der Waals surface area contributed by atoms with Crippen LogP contribution in [0.5, 0.6) is 0 Å². The number of carbonyl (C=O) groups is 1. The van der Waals surface area contributed by atoms with Crippen LogP contribution in [0, 0.1) is 0 Å². The van der Waals surface area contributed by atoms with Crippen molar-refractivity contribution in [3.05, 3.63) is 0 Å². The first-order chi connectivity index (χ1) is 7.35. The van der Waals surface area contributed by atoms with E-state index in [1.54, 1.807) is 0 Å². The Labute approximate surface area is 95.4 Å². The highest BCUT2D eigenvalue weighted by Gasteiger charge is 2.32. The molecule has 0 aromatic heterocycles. The highest BCUT2D eigenvalue weighted by Crippen LogP contribution is 2.19. The highest BCUT2D eigenvalue weighted by atomic mass is 19.1. The molecule has 16 heavy (non-hydrogen) atoms. The van der Waals surface area contributed by atoms with Gasteiger partial charge in [-0.05, 0) is 26.7 Å². The zero-order valence-electron chi connectivity index (χ0n) is 10.1. The molecule has 0 aromatic carbocycles. The molecule has 0 spiro atoms. The molecule has 0 aromatic rings. The van der Waals surface area contributed by atoms with Gasteiger partial charge in [0.25, 0.3) is 0 Å². The Kier molecular flexibility index (Phi) is 4.13. The summed E-state index contributed by atoms with van der Waals surface area (Å²) in [5.74, 6) is 0. The van der Waals surface area contributed by atoms with Crippen molar-refractivity contribution in [1.82, 2.24) is 4.90 Å². The number of piperidine rings is 1. The summed E-state index contributed by atoms with van der Waals surface area (Å²) in [6.07, 6.45) is -1.85. The molecule has 0 unspecified atom stereocenters. The Hall–Kier alpha value is -0.840. The van der Waals surface area contributed by atoms with E-state index in [0.717, 1.165) is 0 Å². The number of halogens is 1. The minimum atomic E-state index is -1.37. The zero-order chi connectivity index (χ0) is 12.3. The van der Waals surface area contributed by atoms with Gasteiger partial charge in [0.2, 0.25) is 0 Å². The fourth-order valence-electron chi connectivity index (χ4n) is 1.43. The summed E-state index contributed by atoms with van der Waals surface area (Å²) >= 11 is 0. The normalized spacial score (nSPS) is 26.7. The first-order valence-corrected chi connectivity index (χ1v) is 5.66. The number of nitrogens with zero attached hydrogens (tertiary/aromatic N) is 1. The summed E-state index contributed by atoms with van der Waals surface area (Å²) in [5, 5.41) is 9.20. The molecule has 0 radical (unpaired) electrons. The maximum absolute atomic E-state index is 13.2. The molecule has 1 N–H and O–H groups in total. The van der Waals surface area contributed by atoms with Gasteiger partial charge < -0.3 is 14.7 Å². The minimum absolute atomic E-state index is 0.0835. The van der Waals surface area contributed by atoms with Crippen LogP contribution in [0.2, 0.25) is 0 Å². The molecule has 94 valence electrons. The Bertz CT molecular complexity index is 258. The van der Waals surface area contributed by atoms with Crippen molar-refractivity contribution in [2.75, 3.05) is 13.1 Å². The number of alkyl halides is 1. The van der Waals surface area contributed by atoms with Crippen molar-refractivity contribution >= 4 is 6.09 Å². The van der Waals surface area contributed by atoms with Crippen molar-refractivity contribution < 1.29 is 19.0 Å². The molecule has 1 fully saturated rings. The number of hydrogen-bond donors (Lipinski definition) is 1. The Morgan fingerprint density at radius 3 is 2.75 bits per heavy atom. The van der Waals surface area contributed by atoms with Gasteiger partial charge in [0.1, 0.15) is 11.8 Å². The van der Waals surface area contributed by atoms with Crippen LogP contribution in [0.3, 0.4) is 0 Å². The van der Waals surface area contributed by atoms with E-state index in [2.05, 4.69) is 0 Å². The first kappa shape index (κ1) is 13.2. The summed E-state index contributed by atoms with van der Waals surface area (Å²) in [6.45, 7) is 5.82. The molecule has 2 atom stereocenters. The third-order valence-electron chi connectivity index (χ3n) is 2.98. The number of aliphatic hydroxyl groups is 1. The minimum Gasteiger partial charge on any atom is -0.443 e. The van der Waals surface area contributed by atoms with E-state index in [4.69, 9.17) is 4.74 Å². The van der Waals surface area contributed by atoms with Crippen LogP contribution in [0.4, 0.5) is 9.18 Å². The first-order valence-electron chi connectivity index (χ1n) is 5.66. The lowest BCUT2D eigenvalue weighted by Gasteiger charge is -2.34. The maximum Gasteiger partial charge on any atom is 0.410 e. The molecule has 5 heteroatoms. The molecule has 1 aliphatic heterocycles. The van der Waals surface area contributed by atoms with Crippen LogP contribution in [0.1, 0.15) is 33.6 Å². The van der Waals surface area contributed by atoms with Crippen molar-refractivity contribution in [2.45, 2.75) is 51.5 Å². The van der Waals surface area contributed by atoms with Gasteiger partial charge in [0, 0.05) is 6.54 Å². The van der Waals surface area contributed by atoms with Crippen molar-refractivity contribution in [3.63, 3.8) is 0 Å². The lowest BCUT2D eigenvalue weighted by molar-refractivity contribution is -0.0235. The maximum atomic E-state index is 13.2. The van der Waals surface area contributed by atoms with E-state index in [0.29, 0.717) is 13.0 Å². The van der Waals surface area contributed by atoms with E-state index < -0.39 is 24.0 Å². The Morgan fingerprint density at radius 2 is 2.25 bits per heavy atom. The number of rotatable bonds is 2.